The predicted molar refractivity (Wildman–Crippen MR) is 71.8 cm³/mol. The molecule has 2 N–H and O–H groups in total. The van der Waals surface area contributed by atoms with Crippen molar-refractivity contribution >= 4 is 21.7 Å². The zero-order valence-corrected chi connectivity index (χ0v) is 11.0. The standard InChI is InChI=1S/C14H11BrFNO/c15-11-8-4-7-10(12(11)16)14(18)13(17)9-5-2-1-3-6-9/h1-8,13H,17H2/t13-/m1/s1. The molecule has 0 amide bonds. The van der Waals surface area contributed by atoms with Crippen molar-refractivity contribution in [3.05, 3.63) is 69.9 Å². The van der Waals surface area contributed by atoms with Crippen molar-refractivity contribution in [2.75, 3.05) is 0 Å². The number of carbonyl (C=O) groups excluding carboxylic acids is 1. The number of benzene rings is 2. The molecule has 18 heavy (non-hydrogen) atoms. The van der Waals surface area contributed by atoms with Gasteiger partial charge >= 0.3 is 0 Å². The first-order valence-corrected chi connectivity index (χ1v) is 6.19. The lowest BCUT2D eigenvalue weighted by atomic mass is 9.98. The maximum absolute atomic E-state index is 13.8. The normalized spacial score (nSPS) is 12.2. The summed E-state index contributed by atoms with van der Waals surface area (Å²) in [6, 6.07) is 12.6. The van der Waals surface area contributed by atoms with Gasteiger partial charge in [0.2, 0.25) is 0 Å². The Labute approximate surface area is 113 Å². The molecule has 2 aromatic rings. The SMILES string of the molecule is N[C@@H](C(=O)c1cccc(Br)c1F)c1ccccc1. The largest absolute Gasteiger partial charge is 0.318 e. The van der Waals surface area contributed by atoms with Crippen LogP contribution in [0.25, 0.3) is 0 Å². The molecule has 0 aliphatic rings. The number of ketones is 1. The fraction of sp³-hybridized carbons (Fsp3) is 0.0714. The van der Waals surface area contributed by atoms with Crippen LogP contribution in [0.4, 0.5) is 4.39 Å². The van der Waals surface area contributed by atoms with E-state index in [2.05, 4.69) is 15.9 Å². The third kappa shape index (κ3) is 2.49. The Morgan fingerprint density at radius 3 is 2.44 bits per heavy atom. The lowest BCUT2D eigenvalue weighted by Crippen LogP contribution is -2.22. The summed E-state index contributed by atoms with van der Waals surface area (Å²) >= 11 is 3.05. The highest BCUT2D eigenvalue weighted by atomic mass is 79.9. The summed E-state index contributed by atoms with van der Waals surface area (Å²) in [5.41, 5.74) is 6.53. The molecule has 0 saturated carbocycles. The van der Waals surface area contributed by atoms with Crippen LogP contribution in [0.2, 0.25) is 0 Å². The summed E-state index contributed by atoms with van der Waals surface area (Å²) in [5.74, 6) is -1.01. The maximum atomic E-state index is 13.8. The average molecular weight is 308 g/mol. The number of rotatable bonds is 3. The van der Waals surface area contributed by atoms with Gasteiger partial charge in [0.15, 0.2) is 5.78 Å². The summed E-state index contributed by atoms with van der Waals surface area (Å²) in [6.07, 6.45) is 0. The van der Waals surface area contributed by atoms with E-state index in [0.717, 1.165) is 0 Å². The van der Waals surface area contributed by atoms with Crippen LogP contribution in [0, 0.1) is 5.82 Å². The van der Waals surface area contributed by atoms with Gasteiger partial charge in [-0.2, -0.15) is 0 Å². The van der Waals surface area contributed by atoms with Crippen LogP contribution in [0.5, 0.6) is 0 Å². The molecule has 0 unspecified atom stereocenters. The molecule has 4 heteroatoms. The molecule has 0 aromatic heterocycles. The molecule has 0 aliphatic heterocycles. The van der Waals surface area contributed by atoms with Gasteiger partial charge in [0.1, 0.15) is 5.82 Å². The fourth-order valence-electron chi connectivity index (χ4n) is 1.67. The number of halogens is 2. The molecule has 0 saturated heterocycles. The zero-order valence-electron chi connectivity index (χ0n) is 9.44. The topological polar surface area (TPSA) is 43.1 Å². The number of nitrogens with two attached hydrogens (primary N) is 1. The highest BCUT2D eigenvalue weighted by Gasteiger charge is 2.21. The lowest BCUT2D eigenvalue weighted by molar-refractivity contribution is 0.0957. The van der Waals surface area contributed by atoms with Crippen molar-refractivity contribution in [3.63, 3.8) is 0 Å². The minimum Gasteiger partial charge on any atom is -0.318 e. The van der Waals surface area contributed by atoms with Crippen LogP contribution in [0.15, 0.2) is 53.0 Å². The Hall–Kier alpha value is -1.52. The van der Waals surface area contributed by atoms with Crippen LogP contribution in [0.3, 0.4) is 0 Å². The van der Waals surface area contributed by atoms with Crippen LogP contribution in [0.1, 0.15) is 22.0 Å². The van der Waals surface area contributed by atoms with Gasteiger partial charge < -0.3 is 5.73 Å². The van der Waals surface area contributed by atoms with E-state index in [1.807, 2.05) is 6.07 Å². The summed E-state index contributed by atoms with van der Waals surface area (Å²) in [6.45, 7) is 0. The van der Waals surface area contributed by atoms with E-state index >= 15 is 0 Å². The molecule has 2 rings (SSSR count). The Morgan fingerprint density at radius 1 is 1.11 bits per heavy atom. The molecule has 0 spiro atoms. The number of carbonyl (C=O) groups is 1. The van der Waals surface area contributed by atoms with E-state index in [4.69, 9.17) is 5.73 Å². The van der Waals surface area contributed by atoms with E-state index in [1.54, 1.807) is 36.4 Å². The Kier molecular flexibility index (Phi) is 3.89. The Bertz CT molecular complexity index is 571. The van der Waals surface area contributed by atoms with Gasteiger partial charge in [0.05, 0.1) is 16.1 Å². The van der Waals surface area contributed by atoms with Gasteiger partial charge in [-0.3, -0.25) is 4.79 Å². The minimum atomic E-state index is -0.852. The number of hydrogen-bond acceptors (Lipinski definition) is 2. The van der Waals surface area contributed by atoms with Crippen LogP contribution in [-0.2, 0) is 0 Å². The molecule has 0 heterocycles. The summed E-state index contributed by atoms with van der Waals surface area (Å²) in [4.78, 5) is 12.1. The van der Waals surface area contributed by atoms with Crippen molar-refractivity contribution in [2.24, 2.45) is 5.73 Å². The molecule has 2 nitrogen and oxygen atoms in total. The lowest BCUT2D eigenvalue weighted by Gasteiger charge is -2.11. The van der Waals surface area contributed by atoms with Crippen molar-refractivity contribution in [2.45, 2.75) is 6.04 Å². The Balaban J connectivity index is 2.35. The summed E-state index contributed by atoms with van der Waals surface area (Å²) in [5, 5.41) is 0. The van der Waals surface area contributed by atoms with Crippen LogP contribution in [-0.4, -0.2) is 5.78 Å². The summed E-state index contributed by atoms with van der Waals surface area (Å²) in [7, 11) is 0. The molecular weight excluding hydrogens is 297 g/mol. The van der Waals surface area contributed by atoms with Gasteiger partial charge in [0, 0.05) is 0 Å². The number of hydrogen-bond donors (Lipinski definition) is 1. The van der Waals surface area contributed by atoms with Crippen LogP contribution < -0.4 is 5.73 Å². The first-order chi connectivity index (χ1) is 8.61. The molecule has 0 aliphatic carbocycles. The fourth-order valence-corrected chi connectivity index (χ4v) is 2.04. The van der Waals surface area contributed by atoms with Crippen molar-refractivity contribution in [1.82, 2.24) is 0 Å². The third-order valence-corrected chi connectivity index (χ3v) is 3.27. The molecule has 2 aromatic carbocycles. The monoisotopic (exact) mass is 307 g/mol. The molecular formula is C14H11BrFNO. The van der Waals surface area contributed by atoms with E-state index in [-0.39, 0.29) is 10.0 Å². The molecule has 0 fully saturated rings. The maximum Gasteiger partial charge on any atom is 0.187 e. The number of Topliss-reactive ketones (excluding diaryl/α,β-unsaturated/α-hetero) is 1. The van der Waals surface area contributed by atoms with E-state index in [9.17, 15) is 9.18 Å². The zero-order chi connectivity index (χ0) is 13.1. The first-order valence-electron chi connectivity index (χ1n) is 5.40. The first kappa shape index (κ1) is 12.9. The second-order valence-corrected chi connectivity index (χ2v) is 4.71. The predicted octanol–water partition coefficient (Wildman–Crippen LogP) is 3.47. The highest BCUT2D eigenvalue weighted by molar-refractivity contribution is 9.10. The van der Waals surface area contributed by atoms with Gasteiger partial charge in [-0.1, -0.05) is 36.4 Å². The second-order valence-electron chi connectivity index (χ2n) is 3.85. The third-order valence-electron chi connectivity index (χ3n) is 2.66. The van der Waals surface area contributed by atoms with Gasteiger partial charge in [-0.05, 0) is 33.6 Å². The second kappa shape index (κ2) is 5.42. The van der Waals surface area contributed by atoms with Gasteiger partial charge in [-0.25, -0.2) is 4.39 Å². The highest BCUT2D eigenvalue weighted by Crippen LogP contribution is 2.23. The Morgan fingerprint density at radius 2 is 1.78 bits per heavy atom. The molecule has 1 atom stereocenters. The average Bonchev–Trinajstić information content (AvgIpc) is 2.41. The molecule has 92 valence electrons. The smallest absolute Gasteiger partial charge is 0.187 e. The van der Waals surface area contributed by atoms with E-state index in [1.165, 1.54) is 6.07 Å². The van der Waals surface area contributed by atoms with Gasteiger partial charge in [-0.15, -0.1) is 0 Å². The molecule has 0 bridgehead atoms. The molecule has 0 radical (unpaired) electrons. The van der Waals surface area contributed by atoms with Crippen molar-refractivity contribution < 1.29 is 9.18 Å². The minimum absolute atomic E-state index is 0.000674. The van der Waals surface area contributed by atoms with Crippen LogP contribution >= 0.6 is 15.9 Å². The van der Waals surface area contributed by atoms with E-state index < -0.39 is 17.6 Å². The van der Waals surface area contributed by atoms with Gasteiger partial charge in [0.25, 0.3) is 0 Å². The van der Waals surface area contributed by atoms with Crippen molar-refractivity contribution in [3.8, 4) is 0 Å². The quantitative estimate of drug-likeness (QED) is 0.882. The van der Waals surface area contributed by atoms with E-state index in [0.29, 0.717) is 5.56 Å². The summed E-state index contributed by atoms with van der Waals surface area (Å²) < 4.78 is 14.1. The van der Waals surface area contributed by atoms with Crippen molar-refractivity contribution in [1.29, 1.82) is 0 Å².